The molecule has 3 rings (SSSR count). The number of anilines is 1. The van der Waals surface area contributed by atoms with E-state index in [1.54, 1.807) is 12.3 Å². The molecule has 1 aromatic heterocycles. The van der Waals surface area contributed by atoms with Crippen LogP contribution in [0.3, 0.4) is 0 Å². The van der Waals surface area contributed by atoms with Crippen LogP contribution in [0.4, 0.5) is 10.1 Å². The Balaban J connectivity index is 1.72. The number of nitrogens with one attached hydrogen (secondary N) is 3. The predicted molar refractivity (Wildman–Crippen MR) is 105 cm³/mol. The van der Waals surface area contributed by atoms with E-state index < -0.39 is 17.8 Å². The minimum atomic E-state index is -0.742. The molecule has 7 heteroatoms. The Morgan fingerprint density at radius 3 is 2.46 bits per heavy atom. The van der Waals surface area contributed by atoms with Crippen molar-refractivity contribution < 1.29 is 14.0 Å². The first kappa shape index (κ1) is 19.3. The summed E-state index contributed by atoms with van der Waals surface area (Å²) in [7, 11) is 0. The molecule has 0 aliphatic heterocycles. The molecule has 2 aromatic carbocycles. The van der Waals surface area contributed by atoms with Crippen molar-refractivity contribution in [3.63, 3.8) is 0 Å². The van der Waals surface area contributed by atoms with Crippen molar-refractivity contribution in [3.05, 3.63) is 72.2 Å². The van der Waals surface area contributed by atoms with Crippen LogP contribution in [0.5, 0.6) is 0 Å². The minimum absolute atomic E-state index is 0.139. The number of aromatic amines is 1. The lowest BCUT2D eigenvalue weighted by molar-refractivity contribution is -0.118. The van der Waals surface area contributed by atoms with Gasteiger partial charge in [-0.15, -0.1) is 0 Å². The summed E-state index contributed by atoms with van der Waals surface area (Å²) >= 11 is 0. The number of halogens is 1. The van der Waals surface area contributed by atoms with Crippen molar-refractivity contribution in [2.75, 3.05) is 5.32 Å². The molecule has 0 bridgehead atoms. The molecule has 28 heavy (non-hydrogen) atoms. The van der Waals surface area contributed by atoms with E-state index in [0.29, 0.717) is 11.3 Å². The molecule has 0 saturated heterocycles. The number of aromatic nitrogens is 2. The molecule has 3 aromatic rings. The third-order valence-corrected chi connectivity index (χ3v) is 4.28. The van der Waals surface area contributed by atoms with Gasteiger partial charge in [0.1, 0.15) is 11.9 Å². The molecule has 0 spiro atoms. The largest absolute Gasteiger partial charge is 0.340 e. The van der Waals surface area contributed by atoms with Gasteiger partial charge in [0.15, 0.2) is 0 Å². The van der Waals surface area contributed by atoms with E-state index in [1.807, 2.05) is 38.1 Å². The fraction of sp³-hybridized carbons (Fsp3) is 0.190. The fourth-order valence-electron chi connectivity index (χ4n) is 2.76. The Kier molecular flexibility index (Phi) is 5.84. The molecule has 144 valence electrons. The highest BCUT2D eigenvalue weighted by molar-refractivity contribution is 6.01. The van der Waals surface area contributed by atoms with E-state index in [2.05, 4.69) is 20.8 Å². The van der Waals surface area contributed by atoms with Gasteiger partial charge in [-0.3, -0.25) is 14.7 Å². The highest BCUT2D eigenvalue weighted by atomic mass is 19.1. The number of hydrogen-bond donors (Lipinski definition) is 3. The summed E-state index contributed by atoms with van der Waals surface area (Å²) in [6.45, 7) is 3.69. The Hall–Kier alpha value is -3.48. The average molecular weight is 380 g/mol. The number of nitrogens with zero attached hydrogens (tertiary/aromatic N) is 1. The zero-order valence-electron chi connectivity index (χ0n) is 15.6. The molecule has 1 unspecified atom stereocenters. The molecule has 0 radical (unpaired) electrons. The van der Waals surface area contributed by atoms with Crippen LogP contribution in [0, 0.1) is 11.7 Å². The first-order valence-electron chi connectivity index (χ1n) is 8.91. The molecular formula is C21H21FN4O2. The highest BCUT2D eigenvalue weighted by Gasteiger charge is 2.25. The second kappa shape index (κ2) is 8.47. The maximum Gasteiger partial charge on any atom is 0.251 e. The van der Waals surface area contributed by atoms with Gasteiger partial charge in [-0.25, -0.2) is 4.39 Å². The molecule has 6 nitrogen and oxygen atoms in total. The molecule has 1 atom stereocenters. The van der Waals surface area contributed by atoms with Crippen LogP contribution in [0.1, 0.15) is 24.2 Å². The molecule has 0 aliphatic carbocycles. The van der Waals surface area contributed by atoms with Crippen molar-refractivity contribution in [3.8, 4) is 11.3 Å². The van der Waals surface area contributed by atoms with E-state index in [1.165, 1.54) is 24.3 Å². The number of hydrogen-bond acceptors (Lipinski definition) is 3. The zero-order valence-corrected chi connectivity index (χ0v) is 15.6. The van der Waals surface area contributed by atoms with Gasteiger partial charge in [-0.1, -0.05) is 26.0 Å². The predicted octanol–water partition coefficient (Wildman–Crippen LogP) is 3.61. The quantitative estimate of drug-likeness (QED) is 0.611. The van der Waals surface area contributed by atoms with E-state index in [0.717, 1.165) is 11.3 Å². The number of H-pyrrole nitrogens is 1. The van der Waals surface area contributed by atoms with Gasteiger partial charge in [-0.05, 0) is 48.4 Å². The Morgan fingerprint density at radius 2 is 1.82 bits per heavy atom. The zero-order chi connectivity index (χ0) is 20.1. The lowest BCUT2D eigenvalue weighted by atomic mass is 10.0. The normalized spacial score (nSPS) is 11.9. The van der Waals surface area contributed by atoms with E-state index in [9.17, 15) is 14.0 Å². The van der Waals surface area contributed by atoms with Gasteiger partial charge >= 0.3 is 0 Å². The van der Waals surface area contributed by atoms with Crippen molar-refractivity contribution in [2.45, 2.75) is 19.9 Å². The summed E-state index contributed by atoms with van der Waals surface area (Å²) < 4.78 is 13.0. The van der Waals surface area contributed by atoms with Crippen LogP contribution < -0.4 is 10.6 Å². The third-order valence-electron chi connectivity index (χ3n) is 4.28. The lowest BCUT2D eigenvalue weighted by Crippen LogP contribution is -2.47. The average Bonchev–Trinajstić information content (AvgIpc) is 3.21. The summed E-state index contributed by atoms with van der Waals surface area (Å²) in [6, 6.07) is 13.6. The van der Waals surface area contributed by atoms with Crippen molar-refractivity contribution >= 4 is 17.5 Å². The van der Waals surface area contributed by atoms with E-state index >= 15 is 0 Å². The van der Waals surface area contributed by atoms with Gasteiger partial charge in [-0.2, -0.15) is 5.10 Å². The highest BCUT2D eigenvalue weighted by Crippen LogP contribution is 2.21. The molecule has 0 fully saturated rings. The molecule has 3 N–H and O–H groups in total. The number of carbonyl (C=O) groups excluding carboxylic acids is 2. The summed E-state index contributed by atoms with van der Waals surface area (Å²) in [5.74, 6) is -1.32. The number of rotatable bonds is 6. The van der Waals surface area contributed by atoms with E-state index in [4.69, 9.17) is 0 Å². The van der Waals surface area contributed by atoms with Gasteiger partial charge in [0.05, 0.1) is 5.69 Å². The van der Waals surface area contributed by atoms with Gasteiger partial charge < -0.3 is 10.6 Å². The van der Waals surface area contributed by atoms with Gasteiger partial charge in [0.2, 0.25) is 5.91 Å². The Labute approximate surface area is 162 Å². The Bertz CT molecular complexity index is 953. The smallest absolute Gasteiger partial charge is 0.251 e. The van der Waals surface area contributed by atoms with Crippen LogP contribution >= 0.6 is 0 Å². The van der Waals surface area contributed by atoms with Crippen LogP contribution in [0.15, 0.2) is 60.8 Å². The summed E-state index contributed by atoms with van der Waals surface area (Å²) in [5.41, 5.74) is 2.62. The van der Waals surface area contributed by atoms with Gasteiger partial charge in [0.25, 0.3) is 5.91 Å². The van der Waals surface area contributed by atoms with Crippen LogP contribution in [-0.2, 0) is 4.79 Å². The van der Waals surface area contributed by atoms with Gasteiger partial charge in [0, 0.05) is 23.0 Å². The number of benzene rings is 2. The molecular weight excluding hydrogens is 359 g/mol. The molecule has 0 saturated carbocycles. The fourth-order valence-corrected chi connectivity index (χ4v) is 2.76. The summed E-state index contributed by atoms with van der Waals surface area (Å²) in [6.07, 6.45) is 1.65. The number of amides is 2. The first-order chi connectivity index (χ1) is 13.4. The van der Waals surface area contributed by atoms with Crippen molar-refractivity contribution in [1.82, 2.24) is 15.5 Å². The first-order valence-corrected chi connectivity index (χ1v) is 8.91. The second-order valence-corrected chi connectivity index (χ2v) is 6.74. The Morgan fingerprint density at radius 1 is 1.07 bits per heavy atom. The summed E-state index contributed by atoms with van der Waals surface area (Å²) in [5, 5.41) is 12.4. The maximum absolute atomic E-state index is 13.0. The van der Waals surface area contributed by atoms with Crippen molar-refractivity contribution in [1.29, 1.82) is 0 Å². The molecule has 0 aliphatic rings. The van der Waals surface area contributed by atoms with E-state index in [-0.39, 0.29) is 11.8 Å². The minimum Gasteiger partial charge on any atom is -0.340 e. The third kappa shape index (κ3) is 4.62. The molecule has 1 heterocycles. The van der Waals surface area contributed by atoms with Crippen molar-refractivity contribution in [2.24, 2.45) is 5.92 Å². The van der Waals surface area contributed by atoms with Crippen LogP contribution in [-0.4, -0.2) is 28.1 Å². The molecule has 2 amide bonds. The number of carbonyl (C=O) groups is 2. The van der Waals surface area contributed by atoms with Crippen LogP contribution in [0.25, 0.3) is 11.3 Å². The maximum atomic E-state index is 13.0. The SMILES string of the molecule is CC(C)C(NC(=O)c1ccc(F)cc1)C(=O)Nc1cccc(-c2ccn[nH]2)c1. The van der Waals surface area contributed by atoms with Crippen LogP contribution in [0.2, 0.25) is 0 Å². The second-order valence-electron chi connectivity index (χ2n) is 6.74. The lowest BCUT2D eigenvalue weighted by Gasteiger charge is -2.22. The monoisotopic (exact) mass is 380 g/mol. The topological polar surface area (TPSA) is 86.9 Å². The standard InChI is InChI=1S/C21H21FN4O2/c1-13(2)19(25-20(27)14-6-8-16(22)9-7-14)21(28)24-17-5-3-4-15(12-17)18-10-11-23-26-18/h3-13,19H,1-2H3,(H,23,26)(H,24,28)(H,25,27). The summed E-state index contributed by atoms with van der Waals surface area (Å²) in [4.78, 5) is 25.2.